The van der Waals surface area contributed by atoms with Gasteiger partial charge < -0.3 is 0 Å². The van der Waals surface area contributed by atoms with E-state index in [-0.39, 0.29) is 5.41 Å². The number of nitrogens with zero attached hydrogens (tertiary/aromatic N) is 2. The first-order chi connectivity index (χ1) is 27.0. The van der Waals surface area contributed by atoms with Crippen LogP contribution in [0, 0.1) is 0 Å². The lowest BCUT2D eigenvalue weighted by Gasteiger charge is -2.25. The Kier molecular flexibility index (Phi) is 6.93. The van der Waals surface area contributed by atoms with Gasteiger partial charge in [-0.25, -0.2) is 9.97 Å². The van der Waals surface area contributed by atoms with Crippen LogP contribution in [0.3, 0.4) is 0 Å². The van der Waals surface area contributed by atoms with Crippen molar-refractivity contribution in [2.24, 2.45) is 0 Å². The van der Waals surface area contributed by atoms with E-state index >= 15 is 0 Å². The minimum Gasteiger partial charge on any atom is -0.228 e. The van der Waals surface area contributed by atoms with Crippen LogP contribution >= 0.6 is 0 Å². The molecule has 10 aromatic rings. The summed E-state index contributed by atoms with van der Waals surface area (Å²) in [4.78, 5) is 10.7. The van der Waals surface area contributed by atoms with Crippen molar-refractivity contribution in [2.45, 2.75) is 19.3 Å². The summed E-state index contributed by atoms with van der Waals surface area (Å²) in [6.07, 6.45) is 0. The van der Waals surface area contributed by atoms with Gasteiger partial charge in [0.1, 0.15) is 0 Å². The highest BCUT2D eigenvalue weighted by Crippen LogP contribution is 2.54. The Bertz CT molecular complexity index is 3180. The number of rotatable bonds is 4. The highest BCUT2D eigenvalue weighted by Gasteiger charge is 2.38. The van der Waals surface area contributed by atoms with E-state index < -0.39 is 0 Å². The maximum atomic E-state index is 5.39. The van der Waals surface area contributed by atoms with Crippen LogP contribution in [0.4, 0.5) is 0 Å². The van der Waals surface area contributed by atoms with Gasteiger partial charge >= 0.3 is 0 Å². The second kappa shape index (κ2) is 12.1. The minimum atomic E-state index is -0.167. The van der Waals surface area contributed by atoms with E-state index in [1.54, 1.807) is 0 Å². The van der Waals surface area contributed by atoms with Gasteiger partial charge in [0, 0.05) is 22.1 Å². The highest BCUT2D eigenvalue weighted by atomic mass is 14.9. The lowest BCUT2D eigenvalue weighted by molar-refractivity contribution is 0.663. The van der Waals surface area contributed by atoms with Crippen molar-refractivity contribution < 1.29 is 0 Å². The van der Waals surface area contributed by atoms with Gasteiger partial charge in [0.05, 0.1) is 11.4 Å². The molecule has 258 valence electrons. The molecule has 0 unspecified atom stereocenters. The van der Waals surface area contributed by atoms with Crippen molar-refractivity contribution in [3.8, 4) is 56.2 Å². The average molecular weight is 701 g/mol. The molecule has 1 aliphatic carbocycles. The minimum absolute atomic E-state index is 0.167. The van der Waals surface area contributed by atoms with E-state index in [1.165, 1.54) is 71.1 Å². The number of aromatic nitrogens is 2. The first kappa shape index (κ1) is 31.6. The second-order valence-electron chi connectivity index (χ2n) is 15.4. The molecule has 11 rings (SSSR count). The summed E-state index contributed by atoms with van der Waals surface area (Å²) >= 11 is 0. The molecule has 0 spiro atoms. The maximum Gasteiger partial charge on any atom is 0.161 e. The van der Waals surface area contributed by atoms with Crippen molar-refractivity contribution in [3.63, 3.8) is 0 Å². The topological polar surface area (TPSA) is 25.8 Å². The van der Waals surface area contributed by atoms with Crippen molar-refractivity contribution in [3.05, 3.63) is 193 Å². The largest absolute Gasteiger partial charge is 0.228 e. The van der Waals surface area contributed by atoms with Crippen LogP contribution in [-0.4, -0.2) is 9.97 Å². The molecule has 0 atom stereocenters. The maximum absolute atomic E-state index is 5.39. The SMILES string of the molecule is CC1(C)c2cc3ccccc3cc2-c2cccc(-c3ccc(-c4cc(-c5ccc6ccccc6c5)nc(-c5cccc6ccccc56)n4)c4ccccc34)c21. The summed E-state index contributed by atoms with van der Waals surface area (Å²) in [5.74, 6) is 0.721. The normalized spacial score (nSPS) is 13.1. The molecule has 0 saturated carbocycles. The van der Waals surface area contributed by atoms with E-state index in [4.69, 9.17) is 9.97 Å². The van der Waals surface area contributed by atoms with E-state index in [0.29, 0.717) is 0 Å². The summed E-state index contributed by atoms with van der Waals surface area (Å²) in [6.45, 7) is 4.77. The highest BCUT2D eigenvalue weighted by molar-refractivity contribution is 6.07. The van der Waals surface area contributed by atoms with Gasteiger partial charge in [-0.2, -0.15) is 0 Å². The Morgan fingerprint density at radius 1 is 0.345 bits per heavy atom. The Balaban J connectivity index is 1.12. The number of benzene rings is 9. The lowest BCUT2D eigenvalue weighted by atomic mass is 9.78. The molecule has 0 amide bonds. The van der Waals surface area contributed by atoms with Crippen LogP contribution in [0.25, 0.3) is 99.2 Å². The fourth-order valence-electron chi connectivity index (χ4n) is 9.17. The summed E-state index contributed by atoms with van der Waals surface area (Å²) in [6, 6.07) is 66.0. The van der Waals surface area contributed by atoms with Crippen LogP contribution in [0.15, 0.2) is 182 Å². The predicted molar refractivity (Wildman–Crippen MR) is 231 cm³/mol. The van der Waals surface area contributed by atoms with Gasteiger partial charge in [-0.3, -0.25) is 0 Å². The molecule has 1 aliphatic rings. The van der Waals surface area contributed by atoms with Crippen molar-refractivity contribution in [1.82, 2.24) is 9.97 Å². The van der Waals surface area contributed by atoms with Gasteiger partial charge in [-0.1, -0.05) is 172 Å². The van der Waals surface area contributed by atoms with Crippen LogP contribution in [0.5, 0.6) is 0 Å². The Hall–Kier alpha value is -6.90. The van der Waals surface area contributed by atoms with Gasteiger partial charge in [0.25, 0.3) is 0 Å². The zero-order chi connectivity index (χ0) is 36.7. The molecule has 0 N–H and O–H groups in total. The van der Waals surface area contributed by atoms with E-state index in [2.05, 4.69) is 196 Å². The number of fused-ring (bicyclic) bond motifs is 7. The molecule has 55 heavy (non-hydrogen) atoms. The predicted octanol–water partition coefficient (Wildman–Crippen LogP) is 14.1. The molecular weight excluding hydrogens is 665 g/mol. The molecule has 0 saturated heterocycles. The third-order valence-corrected chi connectivity index (χ3v) is 11.8. The third kappa shape index (κ3) is 4.95. The Labute approximate surface area is 320 Å². The molecule has 0 bridgehead atoms. The molecular formula is C53H36N2. The zero-order valence-electron chi connectivity index (χ0n) is 30.7. The molecule has 9 aromatic carbocycles. The van der Waals surface area contributed by atoms with Gasteiger partial charge in [-0.15, -0.1) is 0 Å². The third-order valence-electron chi connectivity index (χ3n) is 11.8. The zero-order valence-corrected chi connectivity index (χ0v) is 30.7. The monoisotopic (exact) mass is 700 g/mol. The Morgan fingerprint density at radius 3 is 1.67 bits per heavy atom. The second-order valence-corrected chi connectivity index (χ2v) is 15.4. The van der Waals surface area contributed by atoms with Crippen LogP contribution in [0.1, 0.15) is 25.0 Å². The molecule has 0 fully saturated rings. The fourth-order valence-corrected chi connectivity index (χ4v) is 9.17. The van der Waals surface area contributed by atoms with Gasteiger partial charge in [-0.05, 0) is 101 Å². The quantitative estimate of drug-likeness (QED) is 0.183. The smallest absolute Gasteiger partial charge is 0.161 e. The van der Waals surface area contributed by atoms with Crippen LogP contribution in [-0.2, 0) is 5.41 Å². The summed E-state index contributed by atoms with van der Waals surface area (Å²) in [7, 11) is 0. The molecule has 0 aliphatic heterocycles. The molecule has 1 heterocycles. The average Bonchev–Trinajstić information content (AvgIpc) is 3.46. The van der Waals surface area contributed by atoms with Crippen LogP contribution < -0.4 is 0 Å². The Morgan fingerprint density at radius 2 is 0.891 bits per heavy atom. The van der Waals surface area contributed by atoms with Gasteiger partial charge in [0.15, 0.2) is 5.82 Å². The van der Waals surface area contributed by atoms with E-state index in [9.17, 15) is 0 Å². The first-order valence-corrected chi connectivity index (χ1v) is 19.1. The summed E-state index contributed by atoms with van der Waals surface area (Å²) in [5.41, 5.74) is 12.8. The van der Waals surface area contributed by atoms with E-state index in [0.717, 1.165) is 39.3 Å². The van der Waals surface area contributed by atoms with Crippen molar-refractivity contribution >= 4 is 43.1 Å². The molecule has 1 aromatic heterocycles. The van der Waals surface area contributed by atoms with Gasteiger partial charge in [0.2, 0.25) is 0 Å². The standard InChI is InChI=1S/C53H36N2/c1-53(2)48-31-37-17-6-5-16-36(37)30-47(48)45-23-12-22-44(51(45)53)42-27-28-43(41-21-10-9-20-40(41)42)50-32-49(38-26-25-33-13-3-4-15-35(33)29-38)54-52(55-50)46-24-11-18-34-14-7-8-19-39(34)46/h3-32H,1-2H3. The summed E-state index contributed by atoms with van der Waals surface area (Å²) in [5, 5.41) is 9.66. The first-order valence-electron chi connectivity index (χ1n) is 19.1. The van der Waals surface area contributed by atoms with Crippen molar-refractivity contribution in [2.75, 3.05) is 0 Å². The summed E-state index contributed by atoms with van der Waals surface area (Å²) < 4.78 is 0. The lowest BCUT2D eigenvalue weighted by Crippen LogP contribution is -2.16. The van der Waals surface area contributed by atoms with Crippen molar-refractivity contribution in [1.29, 1.82) is 0 Å². The number of hydrogen-bond donors (Lipinski definition) is 0. The van der Waals surface area contributed by atoms with Crippen LogP contribution in [0.2, 0.25) is 0 Å². The molecule has 0 radical (unpaired) electrons. The molecule has 2 nitrogen and oxygen atoms in total. The number of hydrogen-bond acceptors (Lipinski definition) is 2. The molecule has 2 heteroatoms. The fraction of sp³-hybridized carbons (Fsp3) is 0.0566. The van der Waals surface area contributed by atoms with E-state index in [1.807, 2.05) is 0 Å².